The van der Waals surface area contributed by atoms with Crippen LogP contribution in [0.1, 0.15) is 51.2 Å². The van der Waals surface area contributed by atoms with Crippen molar-refractivity contribution in [3.8, 4) is 11.1 Å². The first-order chi connectivity index (χ1) is 21.7. The molecule has 2 amide bonds. The van der Waals surface area contributed by atoms with E-state index in [0.29, 0.717) is 17.0 Å². The van der Waals surface area contributed by atoms with Crippen molar-refractivity contribution < 1.29 is 35.9 Å². The van der Waals surface area contributed by atoms with Crippen LogP contribution < -0.4 is 11.1 Å². The van der Waals surface area contributed by atoms with Crippen LogP contribution in [-0.4, -0.2) is 32.8 Å². The summed E-state index contributed by atoms with van der Waals surface area (Å²) in [5.74, 6) is -4.83. The number of primary amides is 1. The Hall–Kier alpha value is -5.20. The Kier molecular flexibility index (Phi) is 8.86. The summed E-state index contributed by atoms with van der Waals surface area (Å²) in [6.45, 7) is 3.62. The van der Waals surface area contributed by atoms with Crippen LogP contribution in [0.4, 0.5) is 26.3 Å². The van der Waals surface area contributed by atoms with Crippen LogP contribution in [0.3, 0.4) is 0 Å². The van der Waals surface area contributed by atoms with Gasteiger partial charge in [0.25, 0.3) is 5.91 Å². The first kappa shape index (κ1) is 32.2. The number of aromatic nitrogens is 3. The van der Waals surface area contributed by atoms with Crippen LogP contribution in [0.2, 0.25) is 0 Å². The molecule has 0 aliphatic carbocycles. The average Bonchev–Trinajstić information content (AvgIpc) is 3.37. The minimum Gasteiger partial charge on any atom is -0.366 e. The molecular formula is C33H27F6N5O2. The van der Waals surface area contributed by atoms with Crippen molar-refractivity contribution in [2.24, 2.45) is 5.73 Å². The van der Waals surface area contributed by atoms with Crippen molar-refractivity contribution >= 4 is 22.7 Å². The topological polar surface area (TPSA) is 103 Å². The molecule has 2 aromatic heterocycles. The Labute approximate surface area is 259 Å². The number of carbonyl (C=O) groups excluding carboxylic acids is 2. The van der Waals surface area contributed by atoms with Gasteiger partial charge < -0.3 is 11.1 Å². The third-order valence-electron chi connectivity index (χ3n) is 7.62. The van der Waals surface area contributed by atoms with E-state index in [2.05, 4.69) is 15.4 Å². The van der Waals surface area contributed by atoms with E-state index in [1.165, 1.54) is 36.7 Å². The van der Waals surface area contributed by atoms with Crippen molar-refractivity contribution in [1.29, 1.82) is 0 Å². The quantitative estimate of drug-likeness (QED) is 0.173. The van der Waals surface area contributed by atoms with Crippen LogP contribution in [0, 0.1) is 31.3 Å². The molecule has 0 spiro atoms. The van der Waals surface area contributed by atoms with Gasteiger partial charge in [0.2, 0.25) is 5.91 Å². The maximum atomic E-state index is 14.3. The van der Waals surface area contributed by atoms with E-state index in [-0.39, 0.29) is 28.8 Å². The molecule has 0 aliphatic heterocycles. The summed E-state index contributed by atoms with van der Waals surface area (Å²) in [5.41, 5.74) is 7.51. The number of alkyl halides is 3. The third-order valence-corrected chi connectivity index (χ3v) is 7.62. The lowest BCUT2D eigenvalue weighted by atomic mass is 9.94. The molecule has 0 radical (unpaired) electrons. The molecule has 2 heterocycles. The average molecular weight is 640 g/mol. The molecule has 5 rings (SSSR count). The highest BCUT2D eigenvalue weighted by Crippen LogP contribution is 2.34. The van der Waals surface area contributed by atoms with Gasteiger partial charge in [-0.3, -0.25) is 19.3 Å². The molecule has 238 valence electrons. The fraction of sp³-hybridized carbons (Fsp3) is 0.212. The highest BCUT2D eigenvalue weighted by atomic mass is 19.4. The molecule has 0 saturated heterocycles. The Bertz CT molecular complexity index is 1940. The minimum absolute atomic E-state index is 0.0688. The number of hydrogen-bond acceptors (Lipinski definition) is 4. The number of hydrogen-bond donors (Lipinski definition) is 2. The fourth-order valence-electron chi connectivity index (χ4n) is 5.34. The SMILES string of the molecule is Cc1cc2cnn([C@H](CC(F)(F)F)C(=O)N[C@@H](Cc3cc(F)cc(F)c3)c3ncccc3-c3ccc(F)c(C(N)=O)c3)c2cc1C. The van der Waals surface area contributed by atoms with Gasteiger partial charge in [-0.15, -0.1) is 0 Å². The number of fused-ring (bicyclic) bond motifs is 1. The summed E-state index contributed by atoms with van der Waals surface area (Å²) >= 11 is 0. The Balaban J connectivity index is 1.62. The lowest BCUT2D eigenvalue weighted by molar-refractivity contribution is -0.153. The second kappa shape index (κ2) is 12.7. The van der Waals surface area contributed by atoms with Crippen molar-refractivity contribution in [2.75, 3.05) is 0 Å². The summed E-state index contributed by atoms with van der Waals surface area (Å²) in [4.78, 5) is 30.1. The summed E-state index contributed by atoms with van der Waals surface area (Å²) in [6.07, 6.45) is -3.93. The molecule has 13 heteroatoms. The van der Waals surface area contributed by atoms with Crippen LogP contribution in [0.5, 0.6) is 0 Å². The largest absolute Gasteiger partial charge is 0.391 e. The van der Waals surface area contributed by atoms with Crippen LogP contribution >= 0.6 is 0 Å². The van der Waals surface area contributed by atoms with E-state index >= 15 is 0 Å². The number of amides is 2. The number of nitrogens with zero attached hydrogens (tertiary/aromatic N) is 3. The highest BCUT2D eigenvalue weighted by molar-refractivity contribution is 5.94. The first-order valence-electron chi connectivity index (χ1n) is 14.0. The van der Waals surface area contributed by atoms with Gasteiger partial charge in [0, 0.05) is 23.2 Å². The zero-order chi connectivity index (χ0) is 33.3. The van der Waals surface area contributed by atoms with Crippen LogP contribution in [0.25, 0.3) is 22.0 Å². The van der Waals surface area contributed by atoms with E-state index in [9.17, 15) is 35.9 Å². The highest BCUT2D eigenvalue weighted by Gasteiger charge is 2.38. The second-order valence-electron chi connectivity index (χ2n) is 11.0. The fourth-order valence-corrected chi connectivity index (χ4v) is 5.34. The van der Waals surface area contributed by atoms with Crippen molar-refractivity contribution in [2.45, 2.75) is 44.9 Å². The standard InChI is InChI=1S/C33H27F6N5O2/c1-17-8-21-16-42-44(28(21)9-18(17)2)29(15-33(37,38)39)32(46)43-27(12-19-10-22(34)14-23(35)11-19)30-24(4-3-7-41-30)20-5-6-26(36)25(13-20)31(40)45/h3-11,13-14,16,27,29H,12,15H2,1-2H3,(H2,40,45)(H,43,46)/t27-,29+/m0/s1. The monoisotopic (exact) mass is 639 g/mol. The van der Waals surface area contributed by atoms with Gasteiger partial charge >= 0.3 is 6.18 Å². The van der Waals surface area contributed by atoms with E-state index < -0.39 is 59.5 Å². The predicted octanol–water partition coefficient (Wildman–Crippen LogP) is 6.83. The number of pyridine rings is 1. The number of carbonyl (C=O) groups is 2. The van der Waals surface area contributed by atoms with Gasteiger partial charge in [-0.1, -0.05) is 12.1 Å². The molecule has 5 aromatic rings. The zero-order valence-corrected chi connectivity index (χ0v) is 24.5. The molecule has 0 unspecified atom stereocenters. The van der Waals surface area contributed by atoms with E-state index in [1.807, 2.05) is 6.92 Å². The van der Waals surface area contributed by atoms with Crippen molar-refractivity contribution in [3.63, 3.8) is 0 Å². The summed E-state index contributed by atoms with van der Waals surface area (Å²) in [6, 6.07) is 9.52. The Morgan fingerprint density at radius 1 is 0.957 bits per heavy atom. The van der Waals surface area contributed by atoms with Crippen LogP contribution in [-0.2, 0) is 11.2 Å². The third kappa shape index (κ3) is 7.03. The molecule has 0 aliphatic rings. The van der Waals surface area contributed by atoms with E-state index in [1.54, 1.807) is 19.1 Å². The molecule has 46 heavy (non-hydrogen) atoms. The van der Waals surface area contributed by atoms with Gasteiger partial charge in [0.1, 0.15) is 23.5 Å². The number of rotatable bonds is 9. The number of nitrogens with one attached hydrogen (secondary N) is 1. The van der Waals surface area contributed by atoms with Gasteiger partial charge in [-0.2, -0.15) is 18.3 Å². The molecule has 0 fully saturated rings. The molecule has 3 N–H and O–H groups in total. The molecule has 0 bridgehead atoms. The minimum atomic E-state index is -4.78. The zero-order valence-electron chi connectivity index (χ0n) is 24.5. The van der Waals surface area contributed by atoms with E-state index in [0.717, 1.165) is 34.0 Å². The van der Waals surface area contributed by atoms with Crippen molar-refractivity contribution in [3.05, 3.63) is 118 Å². The molecule has 2 atom stereocenters. The van der Waals surface area contributed by atoms with Gasteiger partial charge in [-0.25, -0.2) is 13.2 Å². The number of benzene rings is 3. The normalized spacial score (nSPS) is 13.0. The second-order valence-corrected chi connectivity index (χ2v) is 11.0. The Morgan fingerprint density at radius 2 is 1.65 bits per heavy atom. The maximum Gasteiger partial charge on any atom is 0.391 e. The number of nitrogens with two attached hydrogens (primary N) is 1. The summed E-state index contributed by atoms with van der Waals surface area (Å²) in [5, 5.41) is 7.27. The smallest absolute Gasteiger partial charge is 0.366 e. The number of aryl methyl sites for hydroxylation is 2. The van der Waals surface area contributed by atoms with Gasteiger partial charge in [0.05, 0.1) is 35.4 Å². The maximum absolute atomic E-state index is 14.3. The lowest BCUT2D eigenvalue weighted by Gasteiger charge is -2.26. The first-order valence-corrected chi connectivity index (χ1v) is 14.0. The molecular weight excluding hydrogens is 612 g/mol. The van der Waals surface area contributed by atoms with Gasteiger partial charge in [-0.05, 0) is 85.0 Å². The summed E-state index contributed by atoms with van der Waals surface area (Å²) < 4.78 is 85.5. The predicted molar refractivity (Wildman–Crippen MR) is 158 cm³/mol. The lowest BCUT2D eigenvalue weighted by Crippen LogP contribution is -2.39. The van der Waals surface area contributed by atoms with Crippen molar-refractivity contribution in [1.82, 2.24) is 20.1 Å². The molecule has 7 nitrogen and oxygen atoms in total. The van der Waals surface area contributed by atoms with E-state index in [4.69, 9.17) is 5.73 Å². The van der Waals surface area contributed by atoms with Gasteiger partial charge in [0.15, 0.2) is 0 Å². The molecule has 0 saturated carbocycles. The molecule has 3 aromatic carbocycles. The number of halogens is 6. The summed E-state index contributed by atoms with van der Waals surface area (Å²) in [7, 11) is 0. The van der Waals surface area contributed by atoms with Crippen LogP contribution in [0.15, 0.2) is 73.1 Å². The Morgan fingerprint density at radius 3 is 2.33 bits per heavy atom.